The van der Waals surface area contributed by atoms with Crippen molar-refractivity contribution in [3.8, 4) is 0 Å². The van der Waals surface area contributed by atoms with Gasteiger partial charge >= 0.3 is 0 Å². The van der Waals surface area contributed by atoms with Gasteiger partial charge in [0.1, 0.15) is 0 Å². The van der Waals surface area contributed by atoms with Gasteiger partial charge in [-0.25, -0.2) is 0 Å². The molecule has 12 heavy (non-hydrogen) atoms. The van der Waals surface area contributed by atoms with Crippen molar-refractivity contribution in [3.05, 3.63) is 11.6 Å². The predicted octanol–water partition coefficient (Wildman–Crippen LogP) is 1.52. The van der Waals surface area contributed by atoms with Crippen LogP contribution in [0, 0.1) is 5.92 Å². The summed E-state index contributed by atoms with van der Waals surface area (Å²) >= 11 is 0. The van der Waals surface area contributed by atoms with E-state index in [9.17, 15) is 4.79 Å². The maximum atomic E-state index is 11.1. The average molecular weight is 167 g/mol. The summed E-state index contributed by atoms with van der Waals surface area (Å²) in [5.41, 5.74) is 1.08. The molecule has 0 unspecified atom stereocenters. The summed E-state index contributed by atoms with van der Waals surface area (Å²) in [6.45, 7) is 5.40. The Hall–Kier alpha value is -0.630. The van der Waals surface area contributed by atoms with Crippen LogP contribution in [0.2, 0.25) is 0 Å². The normalized spacial score (nSPS) is 15.8. The molecule has 2 nitrogen and oxygen atoms in total. The number of ketones is 1. The fourth-order valence-electron chi connectivity index (χ4n) is 1.09. The Morgan fingerprint density at radius 3 is 2.67 bits per heavy atom. The summed E-state index contributed by atoms with van der Waals surface area (Å²) in [5.74, 6) is 1.04. The molecule has 0 bridgehead atoms. The second kappa shape index (κ2) is 4.41. The highest BCUT2D eigenvalue weighted by Crippen LogP contribution is 2.27. The van der Waals surface area contributed by atoms with E-state index in [1.807, 2.05) is 13.8 Å². The number of hydrogen-bond acceptors (Lipinski definition) is 2. The predicted molar refractivity (Wildman–Crippen MR) is 50.0 cm³/mol. The first-order chi connectivity index (χ1) is 5.68. The minimum Gasteiger partial charge on any atom is -0.309 e. The lowest BCUT2D eigenvalue weighted by atomic mass is 10.2. The molecule has 0 aromatic rings. The highest BCUT2D eigenvalue weighted by Gasteiger charge is 2.20. The first-order valence-corrected chi connectivity index (χ1v) is 4.57. The van der Waals surface area contributed by atoms with E-state index in [0.717, 1.165) is 18.0 Å². The molecule has 0 saturated heterocycles. The molecule has 0 atom stereocenters. The molecule has 0 spiro atoms. The van der Waals surface area contributed by atoms with Gasteiger partial charge in [-0.2, -0.15) is 0 Å². The first kappa shape index (κ1) is 9.46. The van der Waals surface area contributed by atoms with Crippen LogP contribution < -0.4 is 5.32 Å². The third kappa shape index (κ3) is 4.29. The molecule has 1 N–H and O–H groups in total. The van der Waals surface area contributed by atoms with Crippen molar-refractivity contribution < 1.29 is 4.79 Å². The molecular formula is C10H17NO. The van der Waals surface area contributed by atoms with E-state index < -0.39 is 0 Å². The van der Waals surface area contributed by atoms with Crippen molar-refractivity contribution in [1.82, 2.24) is 5.32 Å². The van der Waals surface area contributed by atoms with Crippen molar-refractivity contribution in [2.45, 2.75) is 26.7 Å². The summed E-state index contributed by atoms with van der Waals surface area (Å²) in [5, 5.41) is 3.16. The first-order valence-electron chi connectivity index (χ1n) is 4.57. The van der Waals surface area contributed by atoms with E-state index >= 15 is 0 Å². The van der Waals surface area contributed by atoms with Crippen molar-refractivity contribution in [2.75, 3.05) is 13.1 Å². The van der Waals surface area contributed by atoms with Crippen molar-refractivity contribution in [1.29, 1.82) is 0 Å². The van der Waals surface area contributed by atoms with Crippen LogP contribution in [-0.4, -0.2) is 18.9 Å². The third-order valence-corrected chi connectivity index (χ3v) is 1.88. The van der Waals surface area contributed by atoms with Crippen molar-refractivity contribution >= 4 is 5.78 Å². The Bertz CT molecular complexity index is 188. The molecule has 68 valence electrons. The Kier molecular flexibility index (Phi) is 3.48. The molecule has 0 aromatic carbocycles. The van der Waals surface area contributed by atoms with E-state index in [0.29, 0.717) is 6.54 Å². The van der Waals surface area contributed by atoms with Gasteiger partial charge in [0.25, 0.3) is 0 Å². The van der Waals surface area contributed by atoms with Gasteiger partial charge < -0.3 is 5.32 Å². The van der Waals surface area contributed by atoms with E-state index in [1.54, 1.807) is 6.08 Å². The van der Waals surface area contributed by atoms with Crippen molar-refractivity contribution in [3.63, 3.8) is 0 Å². The van der Waals surface area contributed by atoms with Crippen LogP contribution in [0.15, 0.2) is 11.6 Å². The molecular weight excluding hydrogens is 150 g/mol. The zero-order valence-electron chi connectivity index (χ0n) is 7.89. The molecule has 1 aliphatic rings. The van der Waals surface area contributed by atoms with E-state index in [1.165, 1.54) is 12.8 Å². The Labute approximate surface area is 74.0 Å². The van der Waals surface area contributed by atoms with Gasteiger partial charge in [0.15, 0.2) is 5.78 Å². The fourth-order valence-corrected chi connectivity index (χ4v) is 1.09. The number of allylic oxidation sites excluding steroid dienone is 1. The Morgan fingerprint density at radius 1 is 1.50 bits per heavy atom. The lowest BCUT2D eigenvalue weighted by Crippen LogP contribution is -2.23. The highest BCUT2D eigenvalue weighted by molar-refractivity contribution is 5.91. The molecule has 1 saturated carbocycles. The van der Waals surface area contributed by atoms with Crippen LogP contribution in [0.1, 0.15) is 26.7 Å². The van der Waals surface area contributed by atoms with Gasteiger partial charge in [-0.3, -0.25) is 4.79 Å². The van der Waals surface area contributed by atoms with Gasteiger partial charge in [0.2, 0.25) is 0 Å². The second-order valence-electron chi connectivity index (χ2n) is 3.76. The summed E-state index contributed by atoms with van der Waals surface area (Å²) in [6.07, 6.45) is 4.37. The van der Waals surface area contributed by atoms with Crippen LogP contribution in [0.5, 0.6) is 0 Å². The molecule has 0 aliphatic heterocycles. The zero-order chi connectivity index (χ0) is 8.97. The molecule has 1 aliphatic carbocycles. The smallest absolute Gasteiger partial charge is 0.169 e. The van der Waals surface area contributed by atoms with Gasteiger partial charge in [-0.1, -0.05) is 5.57 Å². The van der Waals surface area contributed by atoms with Crippen LogP contribution in [0.4, 0.5) is 0 Å². The molecule has 0 aromatic heterocycles. The number of carbonyl (C=O) groups is 1. The number of nitrogens with one attached hydrogen (secondary N) is 1. The Morgan fingerprint density at radius 2 is 2.17 bits per heavy atom. The van der Waals surface area contributed by atoms with E-state index in [4.69, 9.17) is 0 Å². The maximum absolute atomic E-state index is 11.1. The Balaban J connectivity index is 2.04. The van der Waals surface area contributed by atoms with Crippen LogP contribution in [0.3, 0.4) is 0 Å². The fraction of sp³-hybridized carbons (Fsp3) is 0.700. The SMILES string of the molecule is CC(C)=CC(=O)CNCC1CC1. The van der Waals surface area contributed by atoms with Gasteiger partial charge in [0.05, 0.1) is 6.54 Å². The average Bonchev–Trinajstić information content (AvgIpc) is 2.69. The highest BCUT2D eigenvalue weighted by atomic mass is 16.1. The van der Waals surface area contributed by atoms with Crippen molar-refractivity contribution in [2.24, 2.45) is 5.92 Å². The zero-order valence-corrected chi connectivity index (χ0v) is 7.89. The lowest BCUT2D eigenvalue weighted by Gasteiger charge is -1.99. The summed E-state index contributed by atoms with van der Waals surface area (Å²) < 4.78 is 0. The second-order valence-corrected chi connectivity index (χ2v) is 3.76. The summed E-state index contributed by atoms with van der Waals surface area (Å²) in [7, 11) is 0. The third-order valence-electron chi connectivity index (χ3n) is 1.88. The monoisotopic (exact) mass is 167 g/mol. The maximum Gasteiger partial charge on any atom is 0.169 e. The minimum atomic E-state index is 0.190. The number of carbonyl (C=O) groups excluding carboxylic acids is 1. The minimum absolute atomic E-state index is 0.190. The molecule has 0 amide bonds. The lowest BCUT2D eigenvalue weighted by molar-refractivity contribution is -0.113. The van der Waals surface area contributed by atoms with Crippen LogP contribution in [-0.2, 0) is 4.79 Å². The van der Waals surface area contributed by atoms with E-state index in [2.05, 4.69) is 5.32 Å². The van der Waals surface area contributed by atoms with Gasteiger partial charge in [-0.15, -0.1) is 0 Å². The largest absolute Gasteiger partial charge is 0.309 e. The topological polar surface area (TPSA) is 29.1 Å². The number of hydrogen-bond donors (Lipinski definition) is 1. The van der Waals surface area contributed by atoms with Gasteiger partial charge in [-0.05, 0) is 45.2 Å². The molecule has 2 heteroatoms. The van der Waals surface area contributed by atoms with Crippen LogP contribution in [0.25, 0.3) is 0 Å². The molecule has 0 radical (unpaired) electrons. The molecule has 1 rings (SSSR count). The summed E-state index contributed by atoms with van der Waals surface area (Å²) in [6, 6.07) is 0. The quantitative estimate of drug-likeness (QED) is 0.629. The van der Waals surface area contributed by atoms with Crippen LogP contribution >= 0.6 is 0 Å². The van der Waals surface area contributed by atoms with E-state index in [-0.39, 0.29) is 5.78 Å². The standard InChI is InChI=1S/C10H17NO/c1-8(2)5-10(12)7-11-6-9-3-4-9/h5,9,11H,3-4,6-7H2,1-2H3. The summed E-state index contributed by atoms with van der Waals surface area (Å²) in [4.78, 5) is 11.1. The van der Waals surface area contributed by atoms with Gasteiger partial charge in [0, 0.05) is 0 Å². The molecule has 0 heterocycles. The number of rotatable bonds is 5. The molecule has 1 fully saturated rings.